The number of nitrogens with one attached hydrogen (secondary N) is 1. The number of hydrogen-bond acceptors (Lipinski definition) is 5. The molecule has 10 heteroatoms. The van der Waals surface area contributed by atoms with Gasteiger partial charge in [0.1, 0.15) is 6.35 Å². The zero-order valence-corrected chi connectivity index (χ0v) is 10.1. The molecule has 18 heavy (non-hydrogen) atoms. The van der Waals surface area contributed by atoms with Gasteiger partial charge in [0, 0.05) is 12.3 Å². The Labute approximate surface area is 101 Å². The van der Waals surface area contributed by atoms with Crippen molar-refractivity contribution in [2.24, 2.45) is 0 Å². The smallest absolute Gasteiger partial charge is 0.350 e. The Kier molecular flexibility index (Phi) is 5.00. The first kappa shape index (κ1) is 14.8. The third-order valence-electron chi connectivity index (χ3n) is 1.98. The molecule has 1 rings (SSSR count). The first-order chi connectivity index (χ1) is 8.31. The van der Waals surface area contributed by atoms with Crippen LogP contribution in [-0.2, 0) is 15.8 Å². The molecule has 0 fully saturated rings. The normalized spacial score (nSPS) is 13.5. The summed E-state index contributed by atoms with van der Waals surface area (Å²) in [4.78, 5) is 41.3. The van der Waals surface area contributed by atoms with Gasteiger partial charge < -0.3 is 19.6 Å². The van der Waals surface area contributed by atoms with E-state index < -0.39 is 37.9 Å². The highest BCUT2D eigenvalue weighted by molar-refractivity contribution is 7.51. The molecule has 0 aromatic carbocycles. The Morgan fingerprint density at radius 3 is 2.61 bits per heavy atom. The van der Waals surface area contributed by atoms with Crippen LogP contribution in [0.4, 0.5) is 0 Å². The van der Waals surface area contributed by atoms with Crippen LogP contribution < -0.4 is 11.2 Å². The fourth-order valence-corrected chi connectivity index (χ4v) is 1.58. The van der Waals surface area contributed by atoms with E-state index in [9.17, 15) is 14.2 Å². The molecule has 0 amide bonds. The van der Waals surface area contributed by atoms with Crippen LogP contribution in [0.15, 0.2) is 21.9 Å². The van der Waals surface area contributed by atoms with Gasteiger partial charge in [-0.2, -0.15) is 0 Å². The van der Waals surface area contributed by atoms with Crippen molar-refractivity contribution in [2.45, 2.75) is 12.6 Å². The van der Waals surface area contributed by atoms with Crippen LogP contribution >= 0.6 is 7.60 Å². The summed E-state index contributed by atoms with van der Waals surface area (Å²) in [6.07, 6.45) is -0.609. The van der Waals surface area contributed by atoms with Crippen LogP contribution in [0.5, 0.6) is 0 Å². The number of aliphatic hydroxyl groups excluding tert-OH is 1. The highest BCUT2D eigenvalue weighted by Gasteiger charge is 2.18. The number of aromatic amines is 1. The second kappa shape index (κ2) is 6.07. The average molecular weight is 280 g/mol. The number of hydrogen-bond donors (Lipinski definition) is 4. The molecule has 0 aliphatic heterocycles. The van der Waals surface area contributed by atoms with Crippen molar-refractivity contribution in [3.63, 3.8) is 0 Å². The Balaban J connectivity index is 2.71. The van der Waals surface area contributed by atoms with Crippen molar-refractivity contribution < 1.29 is 24.2 Å². The highest BCUT2D eigenvalue weighted by atomic mass is 31.2. The predicted octanol–water partition coefficient (Wildman–Crippen LogP) is -1.95. The zero-order chi connectivity index (χ0) is 13.8. The van der Waals surface area contributed by atoms with E-state index in [0.29, 0.717) is 0 Å². The van der Waals surface area contributed by atoms with E-state index in [2.05, 4.69) is 0 Å². The number of nitrogens with zero attached hydrogens (tertiary/aromatic N) is 1. The van der Waals surface area contributed by atoms with E-state index >= 15 is 0 Å². The Bertz CT molecular complexity index is 545. The summed E-state index contributed by atoms with van der Waals surface area (Å²) in [5.74, 6) is 0. The van der Waals surface area contributed by atoms with E-state index in [-0.39, 0.29) is 6.54 Å². The molecule has 102 valence electrons. The molecule has 0 saturated carbocycles. The molecule has 0 aliphatic rings. The summed E-state index contributed by atoms with van der Waals surface area (Å²) in [7, 11) is -4.34. The number of H-pyrrole nitrogens is 1. The van der Waals surface area contributed by atoms with Crippen LogP contribution in [0.25, 0.3) is 0 Å². The lowest BCUT2D eigenvalue weighted by molar-refractivity contribution is 0.0188. The minimum atomic E-state index is -4.34. The molecule has 0 spiro atoms. The van der Waals surface area contributed by atoms with Gasteiger partial charge >= 0.3 is 13.3 Å². The van der Waals surface area contributed by atoms with E-state index in [1.165, 1.54) is 6.20 Å². The van der Waals surface area contributed by atoms with Crippen molar-refractivity contribution in [1.29, 1.82) is 0 Å². The molecule has 0 saturated heterocycles. The van der Waals surface area contributed by atoms with Crippen LogP contribution in [0, 0.1) is 0 Å². The Morgan fingerprint density at radius 1 is 1.44 bits per heavy atom. The number of rotatable bonds is 6. The van der Waals surface area contributed by atoms with Gasteiger partial charge in [-0.3, -0.25) is 18.9 Å². The summed E-state index contributed by atoms with van der Waals surface area (Å²) < 4.78 is 16.4. The van der Waals surface area contributed by atoms with Gasteiger partial charge in [-0.1, -0.05) is 0 Å². The van der Waals surface area contributed by atoms with Gasteiger partial charge in [-0.25, -0.2) is 4.79 Å². The van der Waals surface area contributed by atoms with Gasteiger partial charge in [-0.15, -0.1) is 0 Å². The molecule has 1 heterocycles. The van der Waals surface area contributed by atoms with Crippen molar-refractivity contribution in [2.75, 3.05) is 13.0 Å². The maximum Gasteiger partial charge on any atom is 0.350 e. The molecule has 9 nitrogen and oxygen atoms in total. The second-order valence-electron chi connectivity index (χ2n) is 3.53. The first-order valence-corrected chi connectivity index (χ1v) is 6.68. The van der Waals surface area contributed by atoms with Crippen molar-refractivity contribution in [1.82, 2.24) is 9.55 Å². The first-order valence-electron chi connectivity index (χ1n) is 4.88. The quantitative estimate of drug-likeness (QED) is 0.443. The molecule has 0 aliphatic carbocycles. The monoisotopic (exact) mass is 280 g/mol. The van der Waals surface area contributed by atoms with Crippen LogP contribution in [0.1, 0.15) is 0 Å². The maximum absolute atomic E-state index is 11.3. The van der Waals surface area contributed by atoms with Crippen LogP contribution in [0.3, 0.4) is 0 Å². The molecule has 0 radical (unpaired) electrons. The third-order valence-corrected chi connectivity index (χ3v) is 2.46. The lowest BCUT2D eigenvalue weighted by Crippen LogP contribution is -2.34. The highest BCUT2D eigenvalue weighted by Crippen LogP contribution is 2.34. The predicted molar refractivity (Wildman–Crippen MR) is 60.2 cm³/mol. The van der Waals surface area contributed by atoms with Crippen molar-refractivity contribution in [3.8, 4) is 0 Å². The van der Waals surface area contributed by atoms with Crippen molar-refractivity contribution in [3.05, 3.63) is 33.1 Å². The lowest BCUT2D eigenvalue weighted by atomic mass is 10.3. The fraction of sp³-hybridized carbons (Fsp3) is 0.500. The molecule has 1 aromatic heterocycles. The molecule has 1 unspecified atom stereocenters. The van der Waals surface area contributed by atoms with Gasteiger partial charge in [0.15, 0.2) is 0 Å². The topological polar surface area (TPSA) is 142 Å². The number of aliphatic hydroxyl groups is 1. The SMILES string of the molecule is O=c1ccn(CC(CO)OCP(=O)(O)O)c(=O)[nH]1. The molecular formula is C8H13N2O7P. The molecule has 0 bridgehead atoms. The molecular weight excluding hydrogens is 267 g/mol. The van der Waals surface area contributed by atoms with E-state index in [1.54, 1.807) is 0 Å². The number of ether oxygens (including phenoxy) is 1. The Hall–Kier alpha value is -1.25. The Morgan fingerprint density at radius 2 is 2.11 bits per heavy atom. The minimum Gasteiger partial charge on any atom is -0.394 e. The lowest BCUT2D eigenvalue weighted by Gasteiger charge is -2.16. The van der Waals surface area contributed by atoms with Crippen molar-refractivity contribution >= 4 is 7.60 Å². The summed E-state index contributed by atoms with van der Waals surface area (Å²) in [6.45, 7) is -0.655. The molecule has 1 aromatic rings. The van der Waals surface area contributed by atoms with Gasteiger partial charge in [0.25, 0.3) is 5.56 Å². The largest absolute Gasteiger partial charge is 0.394 e. The summed E-state index contributed by atoms with van der Waals surface area (Å²) >= 11 is 0. The fourth-order valence-electron chi connectivity index (χ4n) is 1.17. The third kappa shape index (κ3) is 4.94. The summed E-state index contributed by atoms with van der Waals surface area (Å²) in [5, 5.41) is 8.96. The van der Waals surface area contributed by atoms with E-state index in [4.69, 9.17) is 19.6 Å². The standard InChI is InChI=1S/C8H13N2O7P/c11-4-6(17-5-18(14,15)16)3-10-2-1-7(12)9-8(10)13/h1-2,6,11H,3-5H2,(H,9,12,13)(H2,14,15,16). The maximum atomic E-state index is 11.3. The molecule has 4 N–H and O–H groups in total. The van der Waals surface area contributed by atoms with Gasteiger partial charge in [-0.05, 0) is 0 Å². The van der Waals surface area contributed by atoms with E-state index in [0.717, 1.165) is 10.6 Å². The van der Waals surface area contributed by atoms with Crippen LogP contribution in [0.2, 0.25) is 0 Å². The van der Waals surface area contributed by atoms with Gasteiger partial charge in [0.2, 0.25) is 0 Å². The summed E-state index contributed by atoms with van der Waals surface area (Å²) in [6, 6.07) is 1.11. The average Bonchev–Trinajstić information content (AvgIpc) is 2.25. The summed E-state index contributed by atoms with van der Waals surface area (Å²) in [5.41, 5.74) is -1.26. The minimum absolute atomic E-state index is 0.133. The second-order valence-corrected chi connectivity index (χ2v) is 5.12. The molecule has 1 atom stereocenters. The number of aromatic nitrogens is 2. The van der Waals surface area contributed by atoms with E-state index in [1.807, 2.05) is 4.98 Å². The van der Waals surface area contributed by atoms with Crippen LogP contribution in [-0.4, -0.2) is 43.5 Å². The van der Waals surface area contributed by atoms with Gasteiger partial charge in [0.05, 0.1) is 19.3 Å². The zero-order valence-electron chi connectivity index (χ0n) is 9.22.